The Kier molecular flexibility index (Phi) is 6.43. The minimum Gasteiger partial charge on any atom is -0.465 e. The lowest BCUT2D eigenvalue weighted by Crippen LogP contribution is -2.10. The molecule has 140 valence electrons. The fourth-order valence-corrected chi connectivity index (χ4v) is 3.19. The topological polar surface area (TPSA) is 69.0 Å². The van der Waals surface area contributed by atoms with E-state index in [1.165, 1.54) is 23.9 Å². The first kappa shape index (κ1) is 18.9. The second-order valence-electron chi connectivity index (χ2n) is 5.52. The van der Waals surface area contributed by atoms with Gasteiger partial charge in [-0.15, -0.1) is 10.2 Å². The average molecular weight is 386 g/mol. The average Bonchev–Trinajstić information content (AvgIpc) is 3.10. The van der Waals surface area contributed by atoms with E-state index < -0.39 is 0 Å². The van der Waals surface area contributed by atoms with Crippen LogP contribution in [-0.2, 0) is 16.1 Å². The van der Waals surface area contributed by atoms with Crippen LogP contribution in [0.25, 0.3) is 5.69 Å². The highest BCUT2D eigenvalue weighted by Gasteiger charge is 2.16. The van der Waals surface area contributed by atoms with Crippen LogP contribution in [0.2, 0.25) is 0 Å². The first-order valence-electron chi connectivity index (χ1n) is 8.45. The van der Waals surface area contributed by atoms with E-state index in [-0.39, 0.29) is 17.5 Å². The van der Waals surface area contributed by atoms with Crippen molar-refractivity contribution >= 4 is 23.4 Å². The first-order valence-corrected chi connectivity index (χ1v) is 9.43. The van der Waals surface area contributed by atoms with Crippen LogP contribution in [-0.4, -0.2) is 33.1 Å². The molecule has 2 aromatic carbocycles. The lowest BCUT2D eigenvalue weighted by atomic mass is 10.3. The maximum absolute atomic E-state index is 13.0. The smallest absolute Gasteiger partial charge is 0.316 e. The van der Waals surface area contributed by atoms with Crippen LogP contribution >= 0.6 is 11.8 Å². The highest BCUT2D eigenvalue weighted by molar-refractivity contribution is 7.99. The molecule has 0 radical (unpaired) electrons. The van der Waals surface area contributed by atoms with Crippen molar-refractivity contribution in [1.82, 2.24) is 14.8 Å². The third-order valence-electron chi connectivity index (χ3n) is 3.63. The molecule has 27 heavy (non-hydrogen) atoms. The Bertz CT molecular complexity index is 884. The molecule has 0 amide bonds. The summed E-state index contributed by atoms with van der Waals surface area (Å²) in [6.07, 6.45) is 0. The molecule has 3 aromatic rings. The van der Waals surface area contributed by atoms with E-state index in [4.69, 9.17) is 4.74 Å². The Morgan fingerprint density at radius 2 is 1.89 bits per heavy atom. The van der Waals surface area contributed by atoms with Crippen LogP contribution in [0.15, 0.2) is 59.8 Å². The quantitative estimate of drug-likeness (QED) is 0.471. The van der Waals surface area contributed by atoms with Gasteiger partial charge in [-0.25, -0.2) is 4.39 Å². The number of para-hydroxylation sites is 1. The molecule has 0 aliphatic carbocycles. The number of thioether (sulfide) groups is 1. The number of carbonyl (C=O) groups excluding carboxylic acids is 1. The Hall–Kier alpha value is -2.87. The van der Waals surface area contributed by atoms with Crippen molar-refractivity contribution in [2.75, 3.05) is 17.7 Å². The number of esters is 1. The highest BCUT2D eigenvalue weighted by atomic mass is 32.2. The van der Waals surface area contributed by atoms with Gasteiger partial charge in [-0.05, 0) is 43.3 Å². The lowest BCUT2D eigenvalue weighted by Gasteiger charge is -2.11. The summed E-state index contributed by atoms with van der Waals surface area (Å²) < 4.78 is 19.9. The summed E-state index contributed by atoms with van der Waals surface area (Å²) in [6.45, 7) is 2.51. The predicted octanol–water partition coefficient (Wildman–Crippen LogP) is 3.67. The van der Waals surface area contributed by atoms with Gasteiger partial charge in [0.15, 0.2) is 11.0 Å². The van der Waals surface area contributed by atoms with Crippen LogP contribution < -0.4 is 5.32 Å². The molecule has 0 aliphatic heterocycles. The number of anilines is 1. The molecule has 0 bridgehead atoms. The number of halogens is 1. The molecule has 0 spiro atoms. The SMILES string of the molecule is CCOC(=O)CSc1nnc(CNc2ccc(F)cc2)n1-c1ccccc1. The number of carbonyl (C=O) groups is 1. The van der Waals surface area contributed by atoms with E-state index in [9.17, 15) is 9.18 Å². The summed E-state index contributed by atoms with van der Waals surface area (Å²) in [4.78, 5) is 11.7. The zero-order chi connectivity index (χ0) is 19.1. The largest absolute Gasteiger partial charge is 0.465 e. The van der Waals surface area contributed by atoms with Crippen molar-refractivity contribution in [2.45, 2.75) is 18.6 Å². The number of nitrogens with one attached hydrogen (secondary N) is 1. The molecule has 0 fully saturated rings. The molecule has 0 saturated heterocycles. The van der Waals surface area contributed by atoms with E-state index in [0.29, 0.717) is 24.1 Å². The summed E-state index contributed by atoms with van der Waals surface area (Å²) in [5.41, 5.74) is 1.67. The molecule has 0 saturated carbocycles. The van der Waals surface area contributed by atoms with Crippen LogP contribution in [0.3, 0.4) is 0 Å². The van der Waals surface area contributed by atoms with Gasteiger partial charge in [-0.2, -0.15) is 0 Å². The van der Waals surface area contributed by atoms with Crippen LogP contribution in [0.4, 0.5) is 10.1 Å². The number of nitrogens with zero attached hydrogens (tertiary/aromatic N) is 3. The Morgan fingerprint density at radius 3 is 2.59 bits per heavy atom. The fraction of sp³-hybridized carbons (Fsp3) is 0.211. The summed E-state index contributed by atoms with van der Waals surface area (Å²) in [5.74, 6) is 0.253. The van der Waals surface area contributed by atoms with E-state index in [1.807, 2.05) is 34.9 Å². The second kappa shape index (κ2) is 9.18. The van der Waals surface area contributed by atoms with Gasteiger partial charge in [-0.1, -0.05) is 30.0 Å². The third-order valence-corrected chi connectivity index (χ3v) is 4.54. The molecule has 0 atom stereocenters. The molecular formula is C19H19FN4O2S. The van der Waals surface area contributed by atoms with Crippen LogP contribution in [0.5, 0.6) is 0 Å². The van der Waals surface area contributed by atoms with Gasteiger partial charge >= 0.3 is 5.97 Å². The number of benzene rings is 2. The number of ether oxygens (including phenoxy) is 1. The lowest BCUT2D eigenvalue weighted by molar-refractivity contribution is -0.139. The number of aromatic nitrogens is 3. The monoisotopic (exact) mass is 386 g/mol. The molecule has 1 N–H and O–H groups in total. The van der Waals surface area contributed by atoms with Gasteiger partial charge in [0, 0.05) is 11.4 Å². The minimum absolute atomic E-state index is 0.157. The third kappa shape index (κ3) is 5.07. The molecule has 1 heterocycles. The van der Waals surface area contributed by atoms with E-state index in [2.05, 4.69) is 15.5 Å². The summed E-state index contributed by atoms with van der Waals surface area (Å²) >= 11 is 1.27. The molecule has 3 rings (SSSR count). The molecule has 6 nitrogen and oxygen atoms in total. The maximum Gasteiger partial charge on any atom is 0.316 e. The van der Waals surface area contributed by atoms with Gasteiger partial charge in [0.1, 0.15) is 5.82 Å². The number of rotatable bonds is 8. The van der Waals surface area contributed by atoms with E-state index in [1.54, 1.807) is 19.1 Å². The molecule has 0 aliphatic rings. The van der Waals surface area contributed by atoms with Gasteiger partial charge < -0.3 is 10.1 Å². The van der Waals surface area contributed by atoms with E-state index in [0.717, 1.165) is 11.4 Å². The molecular weight excluding hydrogens is 367 g/mol. The normalized spacial score (nSPS) is 10.6. The minimum atomic E-state index is -0.295. The standard InChI is InChI=1S/C19H19FN4O2S/c1-2-26-18(25)13-27-19-23-22-17(24(19)16-6-4-3-5-7-16)12-21-15-10-8-14(20)9-11-15/h3-11,21H,2,12-13H2,1H3. The fourth-order valence-electron chi connectivity index (χ4n) is 2.42. The van der Waals surface area contributed by atoms with Crippen LogP contribution in [0.1, 0.15) is 12.7 Å². The van der Waals surface area contributed by atoms with Crippen molar-refractivity contribution in [3.05, 3.63) is 66.2 Å². The highest BCUT2D eigenvalue weighted by Crippen LogP contribution is 2.23. The van der Waals surface area contributed by atoms with Gasteiger partial charge in [0.2, 0.25) is 0 Å². The van der Waals surface area contributed by atoms with Crippen molar-refractivity contribution in [3.8, 4) is 5.69 Å². The van der Waals surface area contributed by atoms with Crippen molar-refractivity contribution < 1.29 is 13.9 Å². The zero-order valence-corrected chi connectivity index (χ0v) is 15.6. The van der Waals surface area contributed by atoms with Gasteiger partial charge in [-0.3, -0.25) is 9.36 Å². The van der Waals surface area contributed by atoms with Gasteiger partial charge in [0.25, 0.3) is 0 Å². The maximum atomic E-state index is 13.0. The Labute approximate surface area is 160 Å². The zero-order valence-electron chi connectivity index (χ0n) is 14.8. The summed E-state index contributed by atoms with van der Waals surface area (Å²) in [7, 11) is 0. The van der Waals surface area contributed by atoms with Crippen LogP contribution in [0, 0.1) is 5.82 Å². The predicted molar refractivity (Wildman–Crippen MR) is 102 cm³/mol. The molecule has 0 unspecified atom stereocenters. The van der Waals surface area contributed by atoms with Crippen molar-refractivity contribution in [1.29, 1.82) is 0 Å². The number of hydrogen-bond donors (Lipinski definition) is 1. The van der Waals surface area contributed by atoms with E-state index >= 15 is 0 Å². The Balaban J connectivity index is 1.80. The summed E-state index contributed by atoms with van der Waals surface area (Å²) in [5, 5.41) is 12.3. The molecule has 1 aromatic heterocycles. The van der Waals surface area contributed by atoms with Crippen molar-refractivity contribution in [3.63, 3.8) is 0 Å². The first-order chi connectivity index (χ1) is 13.2. The molecule has 8 heteroatoms. The Morgan fingerprint density at radius 1 is 1.15 bits per heavy atom. The second-order valence-corrected chi connectivity index (χ2v) is 6.47. The summed E-state index contributed by atoms with van der Waals surface area (Å²) in [6, 6.07) is 15.8. The van der Waals surface area contributed by atoms with Crippen molar-refractivity contribution in [2.24, 2.45) is 0 Å². The van der Waals surface area contributed by atoms with Gasteiger partial charge in [0.05, 0.1) is 18.9 Å². The number of hydrogen-bond acceptors (Lipinski definition) is 6.